The van der Waals surface area contributed by atoms with E-state index < -0.39 is 8.32 Å². The van der Waals surface area contributed by atoms with Gasteiger partial charge in [-0.2, -0.15) is 0 Å². The van der Waals surface area contributed by atoms with Crippen LogP contribution in [0.25, 0.3) is 0 Å². The van der Waals surface area contributed by atoms with Gasteiger partial charge in [-0.15, -0.1) is 11.6 Å². The van der Waals surface area contributed by atoms with E-state index in [1.54, 1.807) is 0 Å². The molecule has 0 unspecified atom stereocenters. The lowest BCUT2D eigenvalue weighted by molar-refractivity contribution is -0.128. The smallest absolute Gasteiger partial charge is 0.192 e. The van der Waals surface area contributed by atoms with E-state index in [-0.39, 0.29) is 15.8 Å². The van der Waals surface area contributed by atoms with E-state index in [1.165, 1.54) is 38.5 Å². The molecule has 0 bridgehead atoms. The second-order valence-electron chi connectivity index (χ2n) is 13.2. The van der Waals surface area contributed by atoms with Gasteiger partial charge in [0.2, 0.25) is 0 Å². The molecule has 5 aliphatic carbocycles. The summed E-state index contributed by atoms with van der Waals surface area (Å²) in [5.74, 6) is 2.85. The third-order valence-corrected chi connectivity index (χ3v) is 16.6. The molecule has 0 aliphatic heterocycles. The van der Waals surface area contributed by atoms with Gasteiger partial charge in [0.25, 0.3) is 0 Å². The number of ketones is 1. The second-order valence-corrected chi connectivity index (χ2v) is 18.4. The van der Waals surface area contributed by atoms with Crippen LogP contribution >= 0.6 is 11.6 Å². The van der Waals surface area contributed by atoms with Gasteiger partial charge in [0.05, 0.1) is 6.10 Å². The van der Waals surface area contributed by atoms with Gasteiger partial charge in [-0.05, 0) is 91.7 Å². The van der Waals surface area contributed by atoms with Gasteiger partial charge in [-0.25, -0.2) is 0 Å². The Morgan fingerprint density at radius 3 is 2.45 bits per heavy atom. The molecule has 29 heavy (non-hydrogen) atoms. The van der Waals surface area contributed by atoms with Crippen molar-refractivity contribution in [2.75, 3.05) is 0 Å². The molecule has 4 heteroatoms. The molecule has 0 spiro atoms. The van der Waals surface area contributed by atoms with E-state index in [0.29, 0.717) is 22.7 Å². The summed E-state index contributed by atoms with van der Waals surface area (Å²) in [5, 5.41) is 0.540. The Balaban J connectivity index is 1.40. The molecule has 0 aromatic rings. The highest BCUT2D eigenvalue weighted by atomic mass is 35.5. The molecular weight excluding hydrogens is 396 g/mol. The summed E-state index contributed by atoms with van der Waals surface area (Å²) in [7, 11) is -1.75. The van der Waals surface area contributed by atoms with Crippen molar-refractivity contribution in [2.45, 2.75) is 115 Å². The molecule has 5 saturated carbocycles. The van der Waals surface area contributed by atoms with E-state index in [9.17, 15) is 4.79 Å². The fraction of sp³-hybridized carbons (Fsp3) is 0.960. The first-order valence-corrected chi connectivity index (χ1v) is 15.6. The molecular formula is C25H41ClO2Si. The molecule has 0 amide bonds. The monoisotopic (exact) mass is 436 g/mol. The van der Waals surface area contributed by atoms with Crippen molar-refractivity contribution in [1.82, 2.24) is 0 Å². The third-order valence-electron chi connectivity index (χ3n) is 11.3. The molecule has 5 fully saturated rings. The van der Waals surface area contributed by atoms with Crippen LogP contribution in [-0.2, 0) is 9.22 Å². The Morgan fingerprint density at radius 1 is 1.03 bits per heavy atom. The topological polar surface area (TPSA) is 26.3 Å². The quantitative estimate of drug-likeness (QED) is 0.345. The molecule has 8 atom stereocenters. The van der Waals surface area contributed by atoms with Crippen LogP contribution in [0.4, 0.5) is 0 Å². The second kappa shape index (κ2) is 6.13. The standard InChI is InChI=1S/C25H41ClO2Si/c1-22(2,3)29(5,6)28-20-8-7-18-17-10-13-24-15-16(27)9-14-25(24,21(24)26)19(17)11-12-23(18,20)4/h17-21H,7-15H2,1-6H3/t17-,18-,19-,20-,21+,23-,24-,25-/m0/s1. The fourth-order valence-electron chi connectivity index (χ4n) is 8.67. The number of alkyl halides is 1. The van der Waals surface area contributed by atoms with Crippen molar-refractivity contribution in [3.8, 4) is 0 Å². The Kier molecular flexibility index (Phi) is 4.44. The van der Waals surface area contributed by atoms with Crippen LogP contribution in [-0.4, -0.2) is 25.6 Å². The molecule has 2 nitrogen and oxygen atoms in total. The van der Waals surface area contributed by atoms with Gasteiger partial charge < -0.3 is 4.43 Å². The predicted octanol–water partition coefficient (Wildman–Crippen LogP) is 6.96. The molecule has 0 saturated heterocycles. The van der Waals surface area contributed by atoms with E-state index in [2.05, 4.69) is 40.8 Å². The summed E-state index contributed by atoms with van der Waals surface area (Å²) < 4.78 is 7.06. The van der Waals surface area contributed by atoms with Crippen molar-refractivity contribution < 1.29 is 9.22 Å². The van der Waals surface area contributed by atoms with Crippen LogP contribution < -0.4 is 0 Å². The highest BCUT2D eigenvalue weighted by Gasteiger charge is 2.82. The van der Waals surface area contributed by atoms with Crippen molar-refractivity contribution in [2.24, 2.45) is 34.0 Å². The lowest BCUT2D eigenvalue weighted by atomic mass is 9.50. The summed E-state index contributed by atoms with van der Waals surface area (Å²) >= 11 is 7.07. The average Bonchev–Trinajstić information content (AvgIpc) is 3.00. The summed E-state index contributed by atoms with van der Waals surface area (Å²) in [6.45, 7) is 14.5. The minimum atomic E-state index is -1.75. The van der Waals surface area contributed by atoms with Gasteiger partial charge >= 0.3 is 0 Å². The first-order valence-electron chi connectivity index (χ1n) is 12.2. The summed E-state index contributed by atoms with van der Waals surface area (Å²) in [5.41, 5.74) is 0.814. The molecule has 164 valence electrons. The Hall–Kier alpha value is 0.137. The predicted molar refractivity (Wildman–Crippen MR) is 122 cm³/mol. The minimum Gasteiger partial charge on any atom is -0.413 e. The van der Waals surface area contributed by atoms with Gasteiger partial charge in [-0.1, -0.05) is 27.7 Å². The SMILES string of the molecule is CC(C)(C)[Si](C)(C)O[C@H]1CC[C@H]2[C@@H]3CC[C@@]45CC(=O)CC[C@@]4([C@@H]5Cl)[C@H]3CC[C@]12C. The molecule has 5 aliphatic rings. The van der Waals surface area contributed by atoms with E-state index in [0.717, 1.165) is 37.0 Å². The number of carbonyl (C=O) groups is 1. The highest BCUT2D eigenvalue weighted by molar-refractivity contribution is 6.74. The molecule has 0 aromatic heterocycles. The van der Waals surface area contributed by atoms with Crippen molar-refractivity contribution in [1.29, 1.82) is 0 Å². The van der Waals surface area contributed by atoms with Crippen LogP contribution in [0.15, 0.2) is 0 Å². The maximum Gasteiger partial charge on any atom is 0.192 e. The van der Waals surface area contributed by atoms with Crippen LogP contribution in [0.2, 0.25) is 18.1 Å². The molecule has 0 N–H and O–H groups in total. The zero-order valence-corrected chi connectivity index (χ0v) is 21.2. The number of hydrogen-bond acceptors (Lipinski definition) is 2. The number of Topliss-reactive ketones (excluding diaryl/α,β-unsaturated/α-hetero) is 1. The van der Waals surface area contributed by atoms with Gasteiger partial charge in [0, 0.05) is 23.6 Å². The lowest BCUT2D eigenvalue weighted by Gasteiger charge is -2.55. The van der Waals surface area contributed by atoms with E-state index >= 15 is 0 Å². The molecule has 0 heterocycles. The van der Waals surface area contributed by atoms with Crippen molar-refractivity contribution >= 4 is 25.7 Å². The Morgan fingerprint density at radius 2 is 1.76 bits per heavy atom. The summed E-state index contributed by atoms with van der Waals surface area (Å²) in [6, 6.07) is 0. The minimum absolute atomic E-state index is 0.175. The molecule has 5 rings (SSSR count). The van der Waals surface area contributed by atoms with Crippen LogP contribution in [0, 0.1) is 34.0 Å². The first-order chi connectivity index (χ1) is 13.4. The van der Waals surface area contributed by atoms with Crippen molar-refractivity contribution in [3.05, 3.63) is 0 Å². The Bertz CT molecular complexity index is 729. The van der Waals surface area contributed by atoms with E-state index in [1.807, 2.05) is 0 Å². The fourth-order valence-corrected chi connectivity index (χ4v) is 10.9. The number of hydrogen-bond donors (Lipinski definition) is 0. The summed E-state index contributed by atoms with van der Waals surface area (Å²) in [6.07, 6.45) is 10.8. The molecule has 0 aromatic carbocycles. The highest BCUT2D eigenvalue weighted by Crippen LogP contribution is 2.84. The van der Waals surface area contributed by atoms with Crippen LogP contribution in [0.3, 0.4) is 0 Å². The largest absolute Gasteiger partial charge is 0.413 e. The lowest BCUT2D eigenvalue weighted by Crippen LogP contribution is -2.53. The van der Waals surface area contributed by atoms with Crippen LogP contribution in [0.5, 0.6) is 0 Å². The number of rotatable bonds is 2. The Labute approximate surface area is 184 Å². The zero-order valence-electron chi connectivity index (χ0n) is 19.4. The third kappa shape index (κ3) is 2.53. The zero-order chi connectivity index (χ0) is 21.0. The average molecular weight is 437 g/mol. The van der Waals surface area contributed by atoms with Crippen molar-refractivity contribution in [3.63, 3.8) is 0 Å². The summed E-state index contributed by atoms with van der Waals surface area (Å²) in [4.78, 5) is 12.3. The van der Waals surface area contributed by atoms with Gasteiger partial charge in [-0.3, -0.25) is 4.79 Å². The van der Waals surface area contributed by atoms with Crippen LogP contribution in [0.1, 0.15) is 85.5 Å². The van der Waals surface area contributed by atoms with E-state index in [4.69, 9.17) is 16.0 Å². The maximum absolute atomic E-state index is 12.3. The number of fused-ring (bicyclic) bond motifs is 3. The maximum atomic E-state index is 12.3. The first kappa shape index (κ1) is 21.0. The van der Waals surface area contributed by atoms with Gasteiger partial charge in [0.15, 0.2) is 8.32 Å². The van der Waals surface area contributed by atoms with Gasteiger partial charge in [0.1, 0.15) is 5.78 Å². The number of halogens is 1. The normalized spacial score (nSPS) is 51.7. The molecule has 0 radical (unpaired) electrons. The number of carbonyl (C=O) groups excluding carboxylic acids is 1.